The molecule has 1 aromatic rings. The van der Waals surface area contributed by atoms with Crippen LogP contribution in [0.25, 0.3) is 6.08 Å². The van der Waals surface area contributed by atoms with E-state index in [-0.39, 0.29) is 6.54 Å². The van der Waals surface area contributed by atoms with Crippen molar-refractivity contribution in [3.63, 3.8) is 0 Å². The van der Waals surface area contributed by atoms with E-state index in [1.54, 1.807) is 31.2 Å². The molecule has 2 atom stereocenters. The highest BCUT2D eigenvalue weighted by molar-refractivity contribution is 7.92. The van der Waals surface area contributed by atoms with Crippen molar-refractivity contribution in [1.82, 2.24) is 4.31 Å². The van der Waals surface area contributed by atoms with Gasteiger partial charge < -0.3 is 5.11 Å². The van der Waals surface area contributed by atoms with E-state index < -0.39 is 28.0 Å². The van der Waals surface area contributed by atoms with Gasteiger partial charge in [0.05, 0.1) is 5.92 Å². The van der Waals surface area contributed by atoms with Gasteiger partial charge in [0, 0.05) is 23.0 Å². The molecule has 21 heavy (non-hydrogen) atoms. The molecule has 0 spiro atoms. The summed E-state index contributed by atoms with van der Waals surface area (Å²) in [7, 11) is -3.63. The lowest BCUT2D eigenvalue weighted by molar-refractivity contribution is -0.142. The van der Waals surface area contributed by atoms with Crippen LogP contribution in [-0.2, 0) is 14.8 Å². The normalized spacial score (nSPS) is 23.7. The molecule has 1 saturated heterocycles. The maximum absolute atomic E-state index is 12.3. The van der Waals surface area contributed by atoms with E-state index in [2.05, 4.69) is 0 Å². The molecule has 1 aliphatic rings. The molecule has 1 aliphatic heterocycles. The van der Waals surface area contributed by atoms with Crippen LogP contribution in [0.2, 0.25) is 5.02 Å². The minimum atomic E-state index is -3.63. The average molecular weight is 330 g/mol. The third-order valence-corrected chi connectivity index (χ3v) is 5.54. The van der Waals surface area contributed by atoms with E-state index in [4.69, 9.17) is 16.7 Å². The molecule has 114 valence electrons. The Morgan fingerprint density at radius 1 is 1.38 bits per heavy atom. The summed E-state index contributed by atoms with van der Waals surface area (Å²) in [6.45, 7) is 1.85. The second kappa shape index (κ2) is 6.17. The monoisotopic (exact) mass is 329 g/mol. The second-order valence-corrected chi connectivity index (χ2v) is 7.19. The molecule has 2 rings (SSSR count). The summed E-state index contributed by atoms with van der Waals surface area (Å²) in [5.74, 6) is -1.61. The van der Waals surface area contributed by atoms with Gasteiger partial charge in [-0.3, -0.25) is 4.79 Å². The van der Waals surface area contributed by atoms with E-state index in [0.717, 1.165) is 5.41 Å². The van der Waals surface area contributed by atoms with Crippen molar-refractivity contribution in [2.24, 2.45) is 5.92 Å². The standard InChI is InChI=1S/C14H16ClNO4S/c1-10-13(14(17)18)6-8-16(10)21(19,20)9-7-11-2-4-12(15)5-3-11/h2-5,7,9-10,13H,6,8H2,1H3,(H,17,18). The van der Waals surface area contributed by atoms with Crippen molar-refractivity contribution >= 4 is 33.7 Å². The lowest BCUT2D eigenvalue weighted by Gasteiger charge is -2.20. The van der Waals surface area contributed by atoms with Gasteiger partial charge >= 0.3 is 5.97 Å². The number of hydrogen-bond acceptors (Lipinski definition) is 3. The Morgan fingerprint density at radius 3 is 2.52 bits per heavy atom. The summed E-state index contributed by atoms with van der Waals surface area (Å²) >= 11 is 5.76. The SMILES string of the molecule is CC1C(C(=O)O)CCN1S(=O)(=O)C=Cc1ccc(Cl)cc1. The van der Waals surface area contributed by atoms with Gasteiger partial charge in [-0.2, -0.15) is 4.31 Å². The molecule has 5 nitrogen and oxygen atoms in total. The van der Waals surface area contributed by atoms with Crippen molar-refractivity contribution in [2.45, 2.75) is 19.4 Å². The van der Waals surface area contributed by atoms with Crippen molar-refractivity contribution in [2.75, 3.05) is 6.54 Å². The maximum Gasteiger partial charge on any atom is 0.308 e. The van der Waals surface area contributed by atoms with Gasteiger partial charge in [0.2, 0.25) is 10.0 Å². The number of sulfonamides is 1. The molecule has 1 fully saturated rings. The number of carboxylic acid groups (broad SMARTS) is 1. The van der Waals surface area contributed by atoms with Gasteiger partial charge in [0.25, 0.3) is 0 Å². The van der Waals surface area contributed by atoms with Gasteiger partial charge in [-0.25, -0.2) is 8.42 Å². The number of aliphatic carboxylic acids is 1. The Labute approximate surface area is 128 Å². The number of nitrogens with zero attached hydrogens (tertiary/aromatic N) is 1. The maximum atomic E-state index is 12.3. The predicted octanol–water partition coefficient (Wildman–Crippen LogP) is 2.44. The van der Waals surface area contributed by atoms with Crippen LogP contribution in [0.4, 0.5) is 0 Å². The highest BCUT2D eigenvalue weighted by Crippen LogP contribution is 2.27. The molecular formula is C14H16ClNO4S. The number of halogens is 1. The van der Waals surface area contributed by atoms with Crippen LogP contribution in [-0.4, -0.2) is 36.4 Å². The molecule has 7 heteroatoms. The molecule has 0 aromatic heterocycles. The summed E-state index contributed by atoms with van der Waals surface area (Å²) in [5.41, 5.74) is 0.713. The minimum Gasteiger partial charge on any atom is -0.481 e. The van der Waals surface area contributed by atoms with Gasteiger partial charge in [-0.05, 0) is 37.1 Å². The van der Waals surface area contributed by atoms with Crippen LogP contribution in [0, 0.1) is 5.92 Å². The molecule has 1 N–H and O–H groups in total. The number of carbonyl (C=O) groups is 1. The van der Waals surface area contributed by atoms with E-state index in [9.17, 15) is 13.2 Å². The number of carboxylic acids is 1. The summed E-state index contributed by atoms with van der Waals surface area (Å²) < 4.78 is 25.8. The predicted molar refractivity (Wildman–Crippen MR) is 81.3 cm³/mol. The topological polar surface area (TPSA) is 74.7 Å². The molecule has 2 unspecified atom stereocenters. The Kier molecular flexibility index (Phi) is 4.70. The van der Waals surface area contributed by atoms with E-state index in [0.29, 0.717) is 17.0 Å². The largest absolute Gasteiger partial charge is 0.481 e. The first-order valence-electron chi connectivity index (χ1n) is 6.49. The van der Waals surface area contributed by atoms with Crippen molar-refractivity contribution in [1.29, 1.82) is 0 Å². The molecule has 0 saturated carbocycles. The first-order chi connectivity index (χ1) is 9.81. The van der Waals surface area contributed by atoms with Gasteiger partial charge in [-0.15, -0.1) is 0 Å². The summed E-state index contributed by atoms with van der Waals surface area (Å²) in [4.78, 5) is 11.0. The molecule has 0 aliphatic carbocycles. The van der Waals surface area contributed by atoms with Crippen LogP contribution in [0.3, 0.4) is 0 Å². The average Bonchev–Trinajstić information content (AvgIpc) is 2.81. The number of rotatable bonds is 4. The summed E-state index contributed by atoms with van der Waals surface area (Å²) in [6.07, 6.45) is 1.82. The second-order valence-electron chi connectivity index (χ2n) is 4.98. The van der Waals surface area contributed by atoms with Crippen molar-refractivity contribution in [3.8, 4) is 0 Å². The van der Waals surface area contributed by atoms with Gasteiger partial charge in [-0.1, -0.05) is 23.7 Å². The fraction of sp³-hybridized carbons (Fsp3) is 0.357. The Bertz CT molecular complexity index is 654. The molecular weight excluding hydrogens is 314 g/mol. The molecule has 1 heterocycles. The number of benzene rings is 1. The zero-order valence-electron chi connectivity index (χ0n) is 11.4. The van der Waals surface area contributed by atoms with Crippen LogP contribution >= 0.6 is 11.6 Å². The highest BCUT2D eigenvalue weighted by atomic mass is 35.5. The summed E-state index contributed by atoms with van der Waals surface area (Å²) in [6, 6.07) is 6.23. The smallest absolute Gasteiger partial charge is 0.308 e. The molecule has 0 amide bonds. The first-order valence-corrected chi connectivity index (χ1v) is 8.37. The van der Waals surface area contributed by atoms with E-state index in [1.165, 1.54) is 10.4 Å². The van der Waals surface area contributed by atoms with Crippen molar-refractivity contribution < 1.29 is 18.3 Å². The molecule has 1 aromatic carbocycles. The number of hydrogen-bond donors (Lipinski definition) is 1. The van der Waals surface area contributed by atoms with Gasteiger partial charge in [0.15, 0.2) is 0 Å². The Hall–Kier alpha value is -1.37. The summed E-state index contributed by atoms with van der Waals surface area (Å²) in [5, 5.41) is 10.7. The van der Waals surface area contributed by atoms with E-state index in [1.807, 2.05) is 0 Å². The Morgan fingerprint density at radius 2 is 2.00 bits per heavy atom. The van der Waals surface area contributed by atoms with Crippen LogP contribution in [0.1, 0.15) is 18.9 Å². The Balaban J connectivity index is 2.15. The van der Waals surface area contributed by atoms with Crippen LogP contribution in [0.5, 0.6) is 0 Å². The third kappa shape index (κ3) is 3.64. The molecule has 0 radical (unpaired) electrons. The quantitative estimate of drug-likeness (QED) is 0.920. The lowest BCUT2D eigenvalue weighted by atomic mass is 10.0. The first kappa shape index (κ1) is 16.0. The lowest BCUT2D eigenvalue weighted by Crippen LogP contribution is -2.36. The zero-order valence-corrected chi connectivity index (χ0v) is 13.0. The van der Waals surface area contributed by atoms with Crippen LogP contribution in [0.15, 0.2) is 29.7 Å². The van der Waals surface area contributed by atoms with E-state index >= 15 is 0 Å². The van der Waals surface area contributed by atoms with Crippen LogP contribution < -0.4 is 0 Å². The zero-order chi connectivity index (χ0) is 15.6. The van der Waals surface area contributed by atoms with Gasteiger partial charge in [0.1, 0.15) is 0 Å². The fourth-order valence-electron chi connectivity index (χ4n) is 2.42. The van der Waals surface area contributed by atoms with Crippen molar-refractivity contribution in [3.05, 3.63) is 40.3 Å². The fourth-order valence-corrected chi connectivity index (χ4v) is 4.00. The molecule has 0 bridgehead atoms. The third-order valence-electron chi connectivity index (χ3n) is 3.64. The highest BCUT2D eigenvalue weighted by Gasteiger charge is 2.40. The minimum absolute atomic E-state index is 0.228.